The average molecular weight is 930 g/mol. The number of carbonyl (C=O) groups is 2. The molecule has 1 aliphatic carbocycles. The van der Waals surface area contributed by atoms with Crippen molar-refractivity contribution in [3.63, 3.8) is 0 Å². The highest BCUT2D eigenvalue weighted by Gasteiger charge is 2.71. The molecule has 7 rings (SSSR count). The molecule has 0 fully saturated rings. The van der Waals surface area contributed by atoms with Crippen LogP contribution < -0.4 is 15.1 Å². The van der Waals surface area contributed by atoms with Gasteiger partial charge in [-0.15, -0.1) is 0 Å². The number of fused-ring (bicyclic) bond motifs is 3. The van der Waals surface area contributed by atoms with Gasteiger partial charge in [-0.1, -0.05) is 0 Å². The highest BCUT2D eigenvalue weighted by Crippen LogP contribution is 2.55. The lowest BCUT2D eigenvalue weighted by Crippen LogP contribution is -2.73. The molecule has 8 N–H and O–H groups in total. The van der Waals surface area contributed by atoms with Crippen LogP contribution >= 0.6 is 0 Å². The van der Waals surface area contributed by atoms with E-state index in [2.05, 4.69) is 5.32 Å². The maximum Gasteiger partial charge on any atom is 0.368 e. The molecule has 312 valence electrons. The van der Waals surface area contributed by atoms with Crippen molar-refractivity contribution in [2.24, 2.45) is 7.05 Å². The maximum atomic E-state index is 15.4. The van der Waals surface area contributed by atoms with Crippen LogP contribution in [-0.2, 0) is 74.2 Å². The van der Waals surface area contributed by atoms with Crippen LogP contribution in [0.25, 0.3) is 16.8 Å². The summed E-state index contributed by atoms with van der Waals surface area (Å²) in [5.41, 5.74) is -6.09. The topological polar surface area (TPSA) is 389 Å². The number of aryl methyl sites for hydroxylation is 1. The first-order valence-electron chi connectivity index (χ1n) is 15.2. The van der Waals surface area contributed by atoms with Crippen LogP contribution in [0.5, 0.6) is 0 Å². The molecule has 0 saturated heterocycles. The molecule has 7 bridgehead atoms. The third kappa shape index (κ3) is 6.59. The fourth-order valence-corrected chi connectivity index (χ4v) is 13.6. The minimum Gasteiger partial charge on any atom is -0.343 e. The van der Waals surface area contributed by atoms with E-state index in [1.165, 1.54) is 0 Å². The zero-order valence-electron chi connectivity index (χ0n) is 28.6. The summed E-state index contributed by atoms with van der Waals surface area (Å²) in [5, 5.41) is 1.62. The minimum atomic E-state index is -6.69. The minimum absolute atomic E-state index is 0.000716. The van der Waals surface area contributed by atoms with Crippen molar-refractivity contribution in [2.45, 2.75) is 30.9 Å². The molecule has 2 aliphatic heterocycles. The molecule has 0 saturated carbocycles. The first-order chi connectivity index (χ1) is 26.2. The van der Waals surface area contributed by atoms with Gasteiger partial charge in [-0.3, -0.25) is 27.3 Å². The molecule has 58 heavy (non-hydrogen) atoms. The summed E-state index contributed by atoms with van der Waals surface area (Å²) >= 11 is 0. The van der Waals surface area contributed by atoms with Gasteiger partial charge >= 0.3 is 32.2 Å². The third-order valence-electron chi connectivity index (χ3n) is 9.46. The van der Waals surface area contributed by atoms with Gasteiger partial charge in [0.25, 0.3) is 45.3 Å². The van der Waals surface area contributed by atoms with Gasteiger partial charge in [0.05, 0.1) is 18.9 Å². The Morgan fingerprint density at radius 2 is 1.26 bits per heavy atom. The second kappa shape index (κ2) is 12.9. The largest absolute Gasteiger partial charge is 0.368 e. The number of hydrogen-bond donors (Lipinski definition) is 8. The molecule has 24 nitrogen and oxygen atoms in total. The molecule has 1 aromatic heterocycles. The van der Waals surface area contributed by atoms with Gasteiger partial charge in [-0.05, 0) is 59.5 Å². The zero-order chi connectivity index (χ0) is 43.7. The second-order valence-corrected chi connectivity index (χ2v) is 21.4. The smallest absolute Gasteiger partial charge is 0.343 e. The molecule has 3 aliphatic rings. The highest BCUT2D eigenvalue weighted by atomic mass is 32.2. The summed E-state index contributed by atoms with van der Waals surface area (Å²) < 4.78 is 223. The normalized spacial score (nSPS) is 20.4. The van der Waals surface area contributed by atoms with Crippen LogP contribution in [0.1, 0.15) is 21.6 Å². The van der Waals surface area contributed by atoms with Gasteiger partial charge in [0.2, 0.25) is 0 Å². The summed E-state index contributed by atoms with van der Waals surface area (Å²) in [6.07, 6.45) is -0.787. The molecular weight excluding hydrogens is 905 g/mol. The molecule has 2 atom stereocenters. The number of nitrogens with zero attached hydrogens (tertiary/aromatic N) is 2. The van der Waals surface area contributed by atoms with Gasteiger partial charge in [0.1, 0.15) is 20.4 Å². The van der Waals surface area contributed by atoms with Crippen molar-refractivity contribution < 1.29 is 87.4 Å². The molecule has 4 aromatic rings. The van der Waals surface area contributed by atoms with Gasteiger partial charge < -0.3 is 15.2 Å². The van der Waals surface area contributed by atoms with E-state index in [1.54, 1.807) is 0 Å². The Kier molecular flexibility index (Phi) is 9.54. The number of rotatable bonds is 7. The summed E-state index contributed by atoms with van der Waals surface area (Å²) in [7, 11) is -35.8. The highest BCUT2D eigenvalue weighted by molar-refractivity contribution is 7.94. The van der Waals surface area contributed by atoms with Gasteiger partial charge in [0.15, 0.2) is 15.5 Å². The van der Waals surface area contributed by atoms with Crippen LogP contribution in [-0.4, -0.2) is 106 Å². The van der Waals surface area contributed by atoms with Crippen molar-refractivity contribution in [1.82, 2.24) is 9.05 Å². The molecular formula is C28H25N4O20S6+. The van der Waals surface area contributed by atoms with Crippen molar-refractivity contribution in [2.75, 3.05) is 17.7 Å². The predicted molar refractivity (Wildman–Crippen MR) is 197 cm³/mol. The number of likely N-dealkylation sites (N-methyl/N-ethyl adjacent to an activating group) is 1. The first-order valence-corrected chi connectivity index (χ1v) is 23.8. The van der Waals surface area contributed by atoms with E-state index in [0.29, 0.717) is 24.3 Å². The van der Waals surface area contributed by atoms with Crippen LogP contribution in [0.3, 0.4) is 0 Å². The van der Waals surface area contributed by atoms with Crippen molar-refractivity contribution in [3.05, 3.63) is 70.4 Å². The second-order valence-electron chi connectivity index (χ2n) is 12.9. The Morgan fingerprint density at radius 1 is 0.724 bits per heavy atom. The molecule has 3 heterocycles. The first kappa shape index (κ1) is 42.9. The maximum absolute atomic E-state index is 15.4. The number of hydrogen-bond acceptors (Lipinski definition) is 14. The van der Waals surface area contributed by atoms with Crippen molar-refractivity contribution >= 4 is 107 Å². The van der Waals surface area contributed by atoms with Gasteiger partial charge in [0, 0.05) is 30.2 Å². The van der Waals surface area contributed by atoms with E-state index >= 15 is 4.79 Å². The zero-order valence-corrected chi connectivity index (χ0v) is 33.5. The summed E-state index contributed by atoms with van der Waals surface area (Å²) in [6.45, 7) is 0. The fraction of sp³-hybridized carbons (Fsp3) is 0.143. The lowest BCUT2D eigenvalue weighted by molar-refractivity contribution is 0.0710. The Balaban J connectivity index is 2.14. The Labute approximate surface area is 327 Å². The van der Waals surface area contributed by atoms with Crippen LogP contribution in [0, 0.1) is 0 Å². The number of quaternary nitrogens is 1. The quantitative estimate of drug-likeness (QED) is 0.0945. The van der Waals surface area contributed by atoms with Crippen LogP contribution in [0.15, 0.2) is 73.1 Å². The van der Waals surface area contributed by atoms with E-state index in [-0.39, 0.29) is 19.2 Å². The number of benzene rings is 3. The third-order valence-corrected chi connectivity index (χ3v) is 15.9. The summed E-state index contributed by atoms with van der Waals surface area (Å²) in [5.74, 6) is -1.95. The lowest BCUT2D eigenvalue weighted by Gasteiger charge is -2.48. The number of urea groups is 1. The molecule has 3 aromatic carbocycles. The van der Waals surface area contributed by atoms with Gasteiger partial charge in [-0.25, -0.2) is 9.59 Å². The number of amides is 3. The SMILES string of the molecule is Cn1cccc1C(=O)[N+]1(C)c2c(S(=O)(=O)O)c(S(=O)(=O)O)cc3cc(cc(S(=O)(=O)O)c23)NC(=O)Nc2cc3c(c(S(=O)(=O)O)c2)C=C(S(=O)(=O)O)C1(S(=O)(=O)O)C3. The Morgan fingerprint density at radius 3 is 1.72 bits per heavy atom. The standard InChI is InChI=1S/C28H24N4O20S6/c1-31-5-3-4-18(31)26(33)32(2)24-23-13(8-21(55(41,42)43)25(24)57(47,48)49)6-15(10-20(23)54(38,39)40)29-27(34)30-16-7-14-12-28(32,58(50,51)52)22(56(44,45)46)11-17(14)19(9-16)53(35,36)37/h3-11H,12H2,1-2H3,(H7-,29,30,34,35,36,37,38,39,40,41,42,43,44,45,46,47,48,49,50,51,52)/p+1. The lowest BCUT2D eigenvalue weighted by atomic mass is 9.89. The number of aromatic nitrogens is 1. The summed E-state index contributed by atoms with van der Waals surface area (Å²) in [4.78, 5) is 14.9. The predicted octanol–water partition coefficient (Wildman–Crippen LogP) is 0.969. The average Bonchev–Trinajstić information content (AvgIpc) is 3.47. The number of carbonyl (C=O) groups excluding carboxylic acids is 2. The molecule has 3 amide bonds. The van der Waals surface area contributed by atoms with Gasteiger partial charge in [-0.2, -0.15) is 55.0 Å². The van der Waals surface area contributed by atoms with Crippen LogP contribution in [0.2, 0.25) is 0 Å². The number of anilines is 2. The Bertz CT molecular complexity index is 3320. The van der Waals surface area contributed by atoms with E-state index < -0.39 is 158 Å². The van der Waals surface area contributed by atoms with E-state index in [4.69, 9.17) is 0 Å². The number of nitrogens with one attached hydrogen (secondary N) is 2. The van der Waals surface area contributed by atoms with E-state index in [0.717, 1.165) is 29.9 Å². The van der Waals surface area contributed by atoms with E-state index in [1.807, 2.05) is 5.32 Å². The van der Waals surface area contributed by atoms with Crippen molar-refractivity contribution in [1.29, 1.82) is 0 Å². The molecule has 0 radical (unpaired) electrons. The Hall–Kier alpha value is -4.70. The van der Waals surface area contributed by atoms with Crippen LogP contribution in [0.4, 0.5) is 21.9 Å². The molecule has 0 spiro atoms. The molecule has 30 heteroatoms. The summed E-state index contributed by atoms with van der Waals surface area (Å²) in [6, 6.07) is 2.77. The monoisotopic (exact) mass is 929 g/mol. The van der Waals surface area contributed by atoms with E-state index in [9.17, 15) is 82.6 Å². The van der Waals surface area contributed by atoms with Crippen molar-refractivity contribution in [3.8, 4) is 0 Å². The fourth-order valence-electron chi connectivity index (χ4n) is 7.21. The molecule has 2 unspecified atom stereocenters.